The van der Waals surface area contributed by atoms with Gasteiger partial charge in [-0.2, -0.15) is 0 Å². The molecule has 0 bridgehead atoms. The quantitative estimate of drug-likeness (QED) is 0.414. The maximum absolute atomic E-state index is 10.9. The van der Waals surface area contributed by atoms with Gasteiger partial charge in [0.2, 0.25) is 0 Å². The zero-order chi connectivity index (χ0) is 12.0. The van der Waals surface area contributed by atoms with Crippen molar-refractivity contribution in [2.24, 2.45) is 5.92 Å². The topological polar surface area (TPSA) is 75.6 Å². The SMILES string of the molecule is COC(=O)/C=C(/C)N[C@@H](C(=O)O)C(C)C.[KH]. The van der Waals surface area contributed by atoms with Crippen LogP contribution in [0.3, 0.4) is 0 Å². The van der Waals surface area contributed by atoms with E-state index in [9.17, 15) is 9.59 Å². The first-order valence-corrected chi connectivity index (χ1v) is 4.64. The zero-order valence-electron chi connectivity index (χ0n) is 9.40. The fraction of sp³-hybridized carbons (Fsp3) is 0.600. The van der Waals surface area contributed by atoms with Crippen LogP contribution in [0.25, 0.3) is 0 Å². The van der Waals surface area contributed by atoms with E-state index in [4.69, 9.17) is 5.11 Å². The standard InChI is InChI=1S/C10H17NO4.K.H/c1-6(2)9(10(13)14)11-7(3)5-8(12)15-4;;/h5-6,9,11H,1-4H3,(H,13,14);;/b7-5-;;/t9-;;/m1../s1. The monoisotopic (exact) mass is 255 g/mol. The van der Waals surface area contributed by atoms with E-state index in [0.717, 1.165) is 0 Å². The molecule has 0 saturated heterocycles. The normalized spacial score (nSPS) is 12.7. The third-order valence-electron chi connectivity index (χ3n) is 1.85. The average Bonchev–Trinajstić information content (AvgIpc) is 2.12. The maximum atomic E-state index is 10.9. The molecular weight excluding hydrogens is 237 g/mol. The number of rotatable bonds is 5. The summed E-state index contributed by atoms with van der Waals surface area (Å²) < 4.78 is 4.42. The molecule has 0 aromatic heterocycles. The summed E-state index contributed by atoms with van der Waals surface area (Å²) in [7, 11) is 1.27. The van der Waals surface area contributed by atoms with E-state index in [2.05, 4.69) is 10.1 Å². The van der Waals surface area contributed by atoms with Gasteiger partial charge in [-0.15, -0.1) is 0 Å². The van der Waals surface area contributed by atoms with Gasteiger partial charge in [-0.3, -0.25) is 0 Å². The molecule has 0 rings (SSSR count). The number of carbonyl (C=O) groups excluding carboxylic acids is 1. The number of carboxylic acids is 1. The second-order valence-corrected chi connectivity index (χ2v) is 3.55. The Balaban J connectivity index is 0. The second kappa shape index (κ2) is 9.18. The van der Waals surface area contributed by atoms with Crippen molar-refractivity contribution in [3.05, 3.63) is 11.8 Å². The molecular formula is C10H18KNO4. The fourth-order valence-electron chi connectivity index (χ4n) is 1.04. The minimum absolute atomic E-state index is 0. The van der Waals surface area contributed by atoms with Crippen LogP contribution in [0.2, 0.25) is 0 Å². The van der Waals surface area contributed by atoms with Crippen molar-refractivity contribution < 1.29 is 19.4 Å². The summed E-state index contributed by atoms with van der Waals surface area (Å²) in [6, 6.07) is -0.703. The van der Waals surface area contributed by atoms with Gasteiger partial charge in [0.15, 0.2) is 0 Å². The molecule has 88 valence electrons. The molecule has 0 fully saturated rings. The fourth-order valence-corrected chi connectivity index (χ4v) is 1.04. The molecule has 0 aliphatic carbocycles. The van der Waals surface area contributed by atoms with Crippen LogP contribution < -0.4 is 5.32 Å². The van der Waals surface area contributed by atoms with Crippen LogP contribution in [0.15, 0.2) is 11.8 Å². The van der Waals surface area contributed by atoms with Crippen LogP contribution >= 0.6 is 0 Å². The van der Waals surface area contributed by atoms with E-state index in [-0.39, 0.29) is 57.3 Å². The first kappa shape index (κ1) is 18.5. The molecule has 2 N–H and O–H groups in total. The number of hydrogen-bond donors (Lipinski definition) is 2. The van der Waals surface area contributed by atoms with Crippen LogP contribution in [0, 0.1) is 5.92 Å². The zero-order valence-corrected chi connectivity index (χ0v) is 9.40. The van der Waals surface area contributed by atoms with Gasteiger partial charge in [0.05, 0.1) is 7.11 Å². The molecule has 0 heterocycles. The molecule has 16 heavy (non-hydrogen) atoms. The molecule has 0 aromatic rings. The van der Waals surface area contributed by atoms with Crippen molar-refractivity contribution >= 4 is 63.3 Å². The number of esters is 1. The van der Waals surface area contributed by atoms with Gasteiger partial charge >= 0.3 is 63.3 Å². The Kier molecular flexibility index (Phi) is 10.6. The van der Waals surface area contributed by atoms with E-state index < -0.39 is 18.0 Å². The van der Waals surface area contributed by atoms with Gasteiger partial charge in [0.1, 0.15) is 6.04 Å². The Hall–Kier alpha value is 0.116. The second-order valence-electron chi connectivity index (χ2n) is 3.55. The molecule has 0 radical (unpaired) electrons. The molecule has 0 aromatic carbocycles. The molecule has 0 amide bonds. The van der Waals surface area contributed by atoms with Gasteiger partial charge in [0.25, 0.3) is 0 Å². The van der Waals surface area contributed by atoms with Gasteiger partial charge in [-0.05, 0) is 12.8 Å². The van der Waals surface area contributed by atoms with E-state index in [1.54, 1.807) is 20.8 Å². The number of ether oxygens (including phenoxy) is 1. The first-order valence-electron chi connectivity index (χ1n) is 4.64. The number of carbonyl (C=O) groups is 2. The van der Waals surface area contributed by atoms with Crippen LogP contribution in [-0.4, -0.2) is 81.6 Å². The van der Waals surface area contributed by atoms with E-state index in [1.807, 2.05) is 0 Å². The Morgan fingerprint density at radius 2 is 1.88 bits per heavy atom. The molecule has 1 atom stereocenters. The number of hydrogen-bond acceptors (Lipinski definition) is 4. The summed E-state index contributed by atoms with van der Waals surface area (Å²) in [6.45, 7) is 5.20. The number of carboxylic acid groups (broad SMARTS) is 1. The van der Waals surface area contributed by atoms with E-state index in [1.165, 1.54) is 13.2 Å². The molecule has 5 nitrogen and oxygen atoms in total. The summed E-state index contributed by atoms with van der Waals surface area (Å²) in [5.74, 6) is -1.51. The predicted molar refractivity (Wildman–Crippen MR) is 62.3 cm³/mol. The van der Waals surface area contributed by atoms with E-state index in [0.29, 0.717) is 5.70 Å². The van der Waals surface area contributed by atoms with Crippen molar-refractivity contribution in [3.63, 3.8) is 0 Å². The van der Waals surface area contributed by atoms with Gasteiger partial charge in [-0.25, -0.2) is 9.59 Å². The minimum atomic E-state index is -0.942. The van der Waals surface area contributed by atoms with Crippen LogP contribution in [0.1, 0.15) is 20.8 Å². The predicted octanol–water partition coefficient (Wildman–Crippen LogP) is 0.113. The summed E-state index contributed by atoms with van der Waals surface area (Å²) in [5.41, 5.74) is 0.475. The number of allylic oxidation sites excluding steroid dienone is 1. The number of nitrogens with one attached hydrogen (secondary N) is 1. The van der Waals surface area contributed by atoms with Gasteiger partial charge in [-0.1, -0.05) is 13.8 Å². The summed E-state index contributed by atoms with van der Waals surface area (Å²) in [4.78, 5) is 21.7. The Morgan fingerprint density at radius 1 is 1.38 bits per heavy atom. The van der Waals surface area contributed by atoms with Crippen LogP contribution in [-0.2, 0) is 14.3 Å². The van der Waals surface area contributed by atoms with Crippen molar-refractivity contribution in [2.75, 3.05) is 7.11 Å². The van der Waals surface area contributed by atoms with Crippen LogP contribution in [0.5, 0.6) is 0 Å². The van der Waals surface area contributed by atoms with Crippen molar-refractivity contribution in [3.8, 4) is 0 Å². The third kappa shape index (κ3) is 7.40. The van der Waals surface area contributed by atoms with Gasteiger partial charge in [0, 0.05) is 11.8 Å². The third-order valence-corrected chi connectivity index (χ3v) is 1.85. The first-order chi connectivity index (χ1) is 6.88. The molecule has 0 aliphatic rings. The van der Waals surface area contributed by atoms with Crippen LogP contribution in [0.4, 0.5) is 0 Å². The Morgan fingerprint density at radius 3 is 2.19 bits per heavy atom. The van der Waals surface area contributed by atoms with E-state index >= 15 is 0 Å². The van der Waals surface area contributed by atoms with Crippen molar-refractivity contribution in [2.45, 2.75) is 26.8 Å². The molecule has 0 saturated carbocycles. The van der Waals surface area contributed by atoms with Crippen molar-refractivity contribution in [1.82, 2.24) is 5.32 Å². The Bertz CT molecular complexity index is 276. The van der Waals surface area contributed by atoms with Crippen molar-refractivity contribution in [1.29, 1.82) is 0 Å². The average molecular weight is 255 g/mol. The molecule has 0 unspecified atom stereocenters. The van der Waals surface area contributed by atoms with Gasteiger partial charge < -0.3 is 15.2 Å². The molecule has 0 spiro atoms. The summed E-state index contributed by atoms with van der Waals surface area (Å²) in [6.07, 6.45) is 1.22. The Labute approximate surface area is 138 Å². The molecule has 0 aliphatic heterocycles. The number of aliphatic carboxylic acids is 1. The number of methoxy groups -OCH3 is 1. The summed E-state index contributed by atoms with van der Waals surface area (Å²) in [5, 5.41) is 11.6. The molecule has 6 heteroatoms. The summed E-state index contributed by atoms with van der Waals surface area (Å²) >= 11 is 0.